The molecule has 1 nitrogen and oxygen atoms in total. The molecule has 0 aromatic heterocycles. The van der Waals surface area contributed by atoms with Crippen LogP contribution in [-0.2, 0) is 6.42 Å². The Labute approximate surface area is 105 Å². The Morgan fingerprint density at radius 3 is 2.50 bits per heavy atom. The number of hydrogen-bond acceptors (Lipinski definition) is 1. The lowest BCUT2D eigenvalue weighted by molar-refractivity contribution is 0.0946. The molecule has 0 amide bonds. The Kier molecular flexibility index (Phi) is 2.71. The first-order valence-electron chi connectivity index (χ1n) is 6.13. The maximum atomic E-state index is 12.9. The highest BCUT2D eigenvalue weighted by Crippen LogP contribution is 2.32. The molecule has 1 aliphatic rings. The van der Waals surface area contributed by atoms with Crippen LogP contribution in [0.25, 0.3) is 0 Å². The van der Waals surface area contributed by atoms with Crippen LogP contribution in [0.5, 0.6) is 0 Å². The number of fused-ring (bicyclic) bond motifs is 1. The van der Waals surface area contributed by atoms with Gasteiger partial charge in [0.1, 0.15) is 5.82 Å². The third-order valence-electron chi connectivity index (χ3n) is 3.57. The van der Waals surface area contributed by atoms with Crippen LogP contribution in [0.15, 0.2) is 48.5 Å². The number of carbonyl (C=O) groups excluding carboxylic acids is 1. The minimum absolute atomic E-state index is 0.125. The van der Waals surface area contributed by atoms with E-state index in [1.54, 1.807) is 12.1 Å². The molecular formula is C16H13FO. The first-order chi connectivity index (χ1) is 8.75. The van der Waals surface area contributed by atoms with Crippen LogP contribution >= 0.6 is 0 Å². The topological polar surface area (TPSA) is 17.1 Å². The van der Waals surface area contributed by atoms with Crippen LogP contribution in [0.3, 0.4) is 0 Å². The predicted molar refractivity (Wildman–Crippen MR) is 68.2 cm³/mol. The number of aryl methyl sites for hydroxylation is 1. The molecule has 0 unspecified atom stereocenters. The van der Waals surface area contributed by atoms with Crippen molar-refractivity contribution in [1.82, 2.24) is 0 Å². The number of ketones is 1. The Hall–Kier alpha value is -1.96. The molecule has 0 saturated heterocycles. The number of hydrogen-bond donors (Lipinski definition) is 0. The average molecular weight is 240 g/mol. The van der Waals surface area contributed by atoms with Gasteiger partial charge in [-0.05, 0) is 36.1 Å². The van der Waals surface area contributed by atoms with Gasteiger partial charge in [0.15, 0.2) is 5.78 Å². The van der Waals surface area contributed by atoms with E-state index in [1.165, 1.54) is 12.1 Å². The van der Waals surface area contributed by atoms with E-state index >= 15 is 0 Å². The van der Waals surface area contributed by atoms with E-state index in [-0.39, 0.29) is 17.5 Å². The number of halogens is 1. The van der Waals surface area contributed by atoms with E-state index in [9.17, 15) is 9.18 Å². The van der Waals surface area contributed by atoms with Crippen LogP contribution in [0, 0.1) is 5.82 Å². The van der Waals surface area contributed by atoms with Gasteiger partial charge in [-0.25, -0.2) is 4.39 Å². The Morgan fingerprint density at radius 2 is 1.72 bits per heavy atom. The second kappa shape index (κ2) is 4.37. The summed E-state index contributed by atoms with van der Waals surface area (Å²) in [7, 11) is 0. The van der Waals surface area contributed by atoms with Crippen molar-refractivity contribution in [3.8, 4) is 0 Å². The van der Waals surface area contributed by atoms with Crippen molar-refractivity contribution in [2.24, 2.45) is 0 Å². The number of Topliss-reactive ketones (excluding diaryl/α,β-unsaturated/α-hetero) is 1. The van der Waals surface area contributed by atoms with Crippen molar-refractivity contribution >= 4 is 5.78 Å². The van der Waals surface area contributed by atoms with Crippen LogP contribution in [0.2, 0.25) is 0 Å². The van der Waals surface area contributed by atoms with Gasteiger partial charge in [0.05, 0.1) is 0 Å². The molecule has 3 rings (SSSR count). The largest absolute Gasteiger partial charge is 0.293 e. The van der Waals surface area contributed by atoms with Crippen molar-refractivity contribution in [2.45, 2.75) is 18.8 Å². The van der Waals surface area contributed by atoms with Crippen molar-refractivity contribution in [2.75, 3.05) is 0 Å². The van der Waals surface area contributed by atoms with Gasteiger partial charge in [0, 0.05) is 11.5 Å². The second-order valence-corrected chi connectivity index (χ2v) is 4.66. The third-order valence-corrected chi connectivity index (χ3v) is 3.57. The first-order valence-corrected chi connectivity index (χ1v) is 6.13. The van der Waals surface area contributed by atoms with Gasteiger partial charge in [-0.1, -0.05) is 36.4 Å². The number of carbonyl (C=O) groups is 1. The van der Waals surface area contributed by atoms with E-state index < -0.39 is 0 Å². The van der Waals surface area contributed by atoms with Crippen molar-refractivity contribution < 1.29 is 9.18 Å². The maximum Gasteiger partial charge on any atom is 0.170 e. The minimum Gasteiger partial charge on any atom is -0.293 e. The van der Waals surface area contributed by atoms with Gasteiger partial charge in [0.2, 0.25) is 0 Å². The van der Waals surface area contributed by atoms with Crippen LogP contribution in [-0.4, -0.2) is 5.78 Å². The van der Waals surface area contributed by atoms with Crippen molar-refractivity contribution in [3.63, 3.8) is 0 Å². The summed E-state index contributed by atoms with van der Waals surface area (Å²) in [5.74, 6) is -0.230. The normalized spacial score (nSPS) is 18.5. The quantitative estimate of drug-likeness (QED) is 0.742. The van der Waals surface area contributed by atoms with Gasteiger partial charge in [0.25, 0.3) is 0 Å². The Morgan fingerprint density at radius 1 is 1.00 bits per heavy atom. The molecule has 1 aliphatic carbocycles. The molecule has 0 bridgehead atoms. The molecule has 18 heavy (non-hydrogen) atoms. The summed E-state index contributed by atoms with van der Waals surface area (Å²) in [5, 5.41) is 0. The summed E-state index contributed by atoms with van der Waals surface area (Å²) < 4.78 is 12.9. The Bertz CT molecular complexity index is 586. The highest BCUT2D eigenvalue weighted by Gasteiger charge is 2.27. The fourth-order valence-electron chi connectivity index (χ4n) is 2.61. The van der Waals surface area contributed by atoms with Gasteiger partial charge in [-0.15, -0.1) is 0 Å². The van der Waals surface area contributed by atoms with E-state index in [4.69, 9.17) is 0 Å². The molecule has 1 atom stereocenters. The zero-order chi connectivity index (χ0) is 12.5. The van der Waals surface area contributed by atoms with Gasteiger partial charge in [-0.3, -0.25) is 4.79 Å². The molecule has 0 spiro atoms. The van der Waals surface area contributed by atoms with E-state index in [0.717, 1.165) is 29.5 Å². The van der Waals surface area contributed by atoms with Crippen LogP contribution < -0.4 is 0 Å². The molecule has 0 aliphatic heterocycles. The first kappa shape index (κ1) is 11.1. The fourth-order valence-corrected chi connectivity index (χ4v) is 2.61. The lowest BCUT2D eigenvalue weighted by Crippen LogP contribution is -2.20. The highest BCUT2D eigenvalue weighted by atomic mass is 19.1. The predicted octanol–water partition coefficient (Wildman–Crippen LogP) is 3.74. The van der Waals surface area contributed by atoms with E-state index in [2.05, 4.69) is 0 Å². The fraction of sp³-hybridized carbons (Fsp3) is 0.188. The molecule has 0 N–H and O–H groups in total. The third kappa shape index (κ3) is 1.84. The summed E-state index contributed by atoms with van der Waals surface area (Å²) in [6.45, 7) is 0. The van der Waals surface area contributed by atoms with Crippen LogP contribution in [0.1, 0.15) is 33.8 Å². The number of benzene rings is 2. The molecule has 2 aromatic rings. The summed E-state index contributed by atoms with van der Waals surface area (Å²) in [6, 6.07) is 14.0. The zero-order valence-corrected chi connectivity index (χ0v) is 9.90. The zero-order valence-electron chi connectivity index (χ0n) is 9.90. The minimum atomic E-state index is -0.262. The van der Waals surface area contributed by atoms with Crippen molar-refractivity contribution in [1.29, 1.82) is 0 Å². The van der Waals surface area contributed by atoms with Gasteiger partial charge < -0.3 is 0 Å². The molecule has 0 saturated carbocycles. The van der Waals surface area contributed by atoms with Gasteiger partial charge in [-0.2, -0.15) is 0 Å². The maximum absolute atomic E-state index is 12.9. The molecule has 0 fully saturated rings. The summed E-state index contributed by atoms with van der Waals surface area (Å²) in [6.07, 6.45) is 1.71. The SMILES string of the molecule is O=C1c2ccccc2CC[C@@H]1c1ccc(F)cc1. The lowest BCUT2D eigenvalue weighted by atomic mass is 9.79. The average Bonchev–Trinajstić information content (AvgIpc) is 2.41. The molecule has 90 valence electrons. The van der Waals surface area contributed by atoms with Crippen molar-refractivity contribution in [3.05, 3.63) is 71.0 Å². The standard InChI is InChI=1S/C16H13FO/c17-13-8-5-12(6-9-13)15-10-7-11-3-1-2-4-14(11)16(15)18/h1-6,8-9,15H,7,10H2/t15-/m1/s1. The summed E-state index contributed by atoms with van der Waals surface area (Å²) in [5.41, 5.74) is 2.86. The highest BCUT2D eigenvalue weighted by molar-refractivity contribution is 6.03. The van der Waals surface area contributed by atoms with Gasteiger partial charge >= 0.3 is 0 Å². The second-order valence-electron chi connectivity index (χ2n) is 4.66. The summed E-state index contributed by atoms with van der Waals surface area (Å²) in [4.78, 5) is 12.4. The molecular weight excluding hydrogens is 227 g/mol. The van der Waals surface area contributed by atoms with Crippen LogP contribution in [0.4, 0.5) is 4.39 Å². The lowest BCUT2D eigenvalue weighted by Gasteiger charge is -2.23. The molecule has 0 heterocycles. The van der Waals surface area contributed by atoms with E-state index in [0.29, 0.717) is 0 Å². The summed E-state index contributed by atoms with van der Waals surface area (Å²) >= 11 is 0. The van der Waals surface area contributed by atoms with E-state index in [1.807, 2.05) is 24.3 Å². The number of rotatable bonds is 1. The smallest absolute Gasteiger partial charge is 0.170 e. The monoisotopic (exact) mass is 240 g/mol. The molecule has 0 radical (unpaired) electrons. The molecule has 2 aromatic carbocycles. The molecule has 2 heteroatoms. The Balaban J connectivity index is 1.97.